The quantitative estimate of drug-likeness (QED) is 0.592. The highest BCUT2D eigenvalue weighted by molar-refractivity contribution is 7.99. The second-order valence-electron chi connectivity index (χ2n) is 7.04. The van der Waals surface area contributed by atoms with Crippen LogP contribution in [0.25, 0.3) is 10.9 Å². The number of hydrogen-bond acceptors (Lipinski definition) is 3. The number of aromatic nitrogens is 1. The lowest BCUT2D eigenvalue weighted by molar-refractivity contribution is -0.129. The summed E-state index contributed by atoms with van der Waals surface area (Å²) in [7, 11) is 0. The van der Waals surface area contributed by atoms with Crippen molar-refractivity contribution in [3.63, 3.8) is 0 Å². The van der Waals surface area contributed by atoms with Crippen LogP contribution in [0.5, 0.6) is 0 Å². The van der Waals surface area contributed by atoms with Crippen molar-refractivity contribution in [2.45, 2.75) is 30.7 Å². The molecule has 1 fully saturated rings. The second-order valence-corrected chi connectivity index (χ2v) is 8.00. The molecule has 2 aromatic carbocycles. The Bertz CT molecular complexity index is 920. The molecule has 4 rings (SSSR count). The molecule has 138 valence electrons. The summed E-state index contributed by atoms with van der Waals surface area (Å²) in [5.74, 6) is 0.702. The van der Waals surface area contributed by atoms with Gasteiger partial charge in [0.05, 0.1) is 11.3 Å². The van der Waals surface area contributed by atoms with Gasteiger partial charge in [-0.1, -0.05) is 60.3 Å². The maximum atomic E-state index is 12.6. The minimum absolute atomic E-state index is 0.236. The van der Waals surface area contributed by atoms with E-state index >= 15 is 0 Å². The molecule has 0 radical (unpaired) electrons. The minimum Gasteiger partial charge on any atom is -0.342 e. The van der Waals surface area contributed by atoms with Gasteiger partial charge in [-0.25, -0.2) is 4.98 Å². The highest BCUT2D eigenvalue weighted by atomic mass is 32.2. The Hall–Kier alpha value is -2.33. The average Bonchev–Trinajstić information content (AvgIpc) is 2.73. The van der Waals surface area contributed by atoms with Crippen molar-refractivity contribution in [1.82, 2.24) is 9.88 Å². The number of thioether (sulfide) groups is 1. The first-order valence-corrected chi connectivity index (χ1v) is 10.6. The molecule has 0 bridgehead atoms. The molecule has 1 saturated heterocycles. The van der Waals surface area contributed by atoms with Crippen molar-refractivity contribution in [3.8, 4) is 0 Å². The number of carbonyl (C=O) groups excluding carboxylic acids is 1. The Morgan fingerprint density at radius 3 is 2.52 bits per heavy atom. The second kappa shape index (κ2) is 8.57. The van der Waals surface area contributed by atoms with Crippen LogP contribution in [0.2, 0.25) is 0 Å². The highest BCUT2D eigenvalue weighted by Gasteiger charge is 2.18. The molecule has 1 aliphatic rings. The Morgan fingerprint density at radius 2 is 1.70 bits per heavy atom. The fraction of sp³-hybridized carbons (Fsp3) is 0.304. The van der Waals surface area contributed by atoms with E-state index in [4.69, 9.17) is 4.98 Å². The zero-order chi connectivity index (χ0) is 18.5. The van der Waals surface area contributed by atoms with Crippen molar-refractivity contribution in [3.05, 3.63) is 71.8 Å². The van der Waals surface area contributed by atoms with Crippen molar-refractivity contribution in [2.75, 3.05) is 18.8 Å². The zero-order valence-corrected chi connectivity index (χ0v) is 16.3. The highest BCUT2D eigenvalue weighted by Crippen LogP contribution is 2.27. The summed E-state index contributed by atoms with van der Waals surface area (Å²) in [4.78, 5) is 19.5. The van der Waals surface area contributed by atoms with E-state index in [0.29, 0.717) is 5.75 Å². The average molecular weight is 377 g/mol. The molecule has 1 aliphatic heterocycles. The van der Waals surface area contributed by atoms with Crippen LogP contribution in [-0.4, -0.2) is 34.6 Å². The van der Waals surface area contributed by atoms with Gasteiger partial charge in [0.15, 0.2) is 0 Å². The lowest BCUT2D eigenvalue weighted by Crippen LogP contribution is -2.36. The van der Waals surface area contributed by atoms with Crippen LogP contribution < -0.4 is 0 Å². The van der Waals surface area contributed by atoms with Crippen LogP contribution in [-0.2, 0) is 11.2 Å². The Balaban J connectivity index is 1.57. The van der Waals surface area contributed by atoms with E-state index in [-0.39, 0.29) is 5.91 Å². The third kappa shape index (κ3) is 4.51. The number of rotatable bonds is 5. The molecule has 3 aromatic rings. The monoisotopic (exact) mass is 376 g/mol. The van der Waals surface area contributed by atoms with E-state index in [1.807, 2.05) is 29.2 Å². The summed E-state index contributed by atoms with van der Waals surface area (Å²) in [6.45, 7) is 1.81. The van der Waals surface area contributed by atoms with Crippen LogP contribution >= 0.6 is 11.8 Å². The largest absolute Gasteiger partial charge is 0.342 e. The van der Waals surface area contributed by atoms with Crippen LogP contribution in [0.3, 0.4) is 0 Å². The first kappa shape index (κ1) is 18.1. The lowest BCUT2D eigenvalue weighted by Gasteiger charge is -2.26. The molecule has 4 heteroatoms. The number of benzene rings is 2. The van der Waals surface area contributed by atoms with Gasteiger partial charge in [-0.05, 0) is 42.5 Å². The smallest absolute Gasteiger partial charge is 0.232 e. The van der Waals surface area contributed by atoms with Gasteiger partial charge in [0.2, 0.25) is 5.91 Å². The summed E-state index contributed by atoms with van der Waals surface area (Å²) in [6.07, 6.45) is 4.33. The van der Waals surface area contributed by atoms with E-state index in [9.17, 15) is 4.79 Å². The number of piperidine rings is 1. The van der Waals surface area contributed by atoms with Crippen molar-refractivity contribution >= 4 is 28.6 Å². The first-order chi connectivity index (χ1) is 13.3. The molecule has 0 spiro atoms. The molecule has 0 N–H and O–H groups in total. The number of likely N-dealkylation sites (tertiary alicyclic amines) is 1. The van der Waals surface area contributed by atoms with Gasteiger partial charge < -0.3 is 4.90 Å². The normalized spacial score (nSPS) is 14.4. The van der Waals surface area contributed by atoms with Crippen LogP contribution in [0.1, 0.15) is 30.4 Å². The van der Waals surface area contributed by atoms with Gasteiger partial charge in [0.1, 0.15) is 5.03 Å². The van der Waals surface area contributed by atoms with E-state index in [2.05, 4.69) is 36.4 Å². The SMILES string of the molecule is O=C(CSc1nc2ccccc2cc1Cc1ccccc1)N1CCCCC1. The third-order valence-corrected chi connectivity index (χ3v) is 6.06. The summed E-state index contributed by atoms with van der Waals surface area (Å²) in [6, 6.07) is 20.9. The molecule has 0 unspecified atom stereocenters. The topological polar surface area (TPSA) is 33.2 Å². The summed E-state index contributed by atoms with van der Waals surface area (Å²) < 4.78 is 0. The molecule has 0 atom stereocenters. The number of nitrogens with zero attached hydrogens (tertiary/aromatic N) is 2. The number of pyridine rings is 1. The van der Waals surface area contributed by atoms with E-state index < -0.39 is 0 Å². The standard InChI is InChI=1S/C23H24N2OS/c26-22(25-13-7-2-8-14-25)17-27-23-20(15-18-9-3-1-4-10-18)16-19-11-5-6-12-21(19)24-23/h1,3-6,9-12,16H,2,7-8,13-15,17H2. The molecule has 0 saturated carbocycles. The molecule has 1 amide bonds. The zero-order valence-electron chi connectivity index (χ0n) is 15.4. The Morgan fingerprint density at radius 1 is 0.963 bits per heavy atom. The number of carbonyl (C=O) groups is 1. The summed E-state index contributed by atoms with van der Waals surface area (Å²) >= 11 is 1.58. The maximum absolute atomic E-state index is 12.6. The van der Waals surface area contributed by atoms with Crippen LogP contribution in [0.4, 0.5) is 0 Å². The summed E-state index contributed by atoms with van der Waals surface area (Å²) in [5, 5.41) is 2.12. The fourth-order valence-corrected chi connectivity index (χ4v) is 4.50. The maximum Gasteiger partial charge on any atom is 0.232 e. The molecule has 3 nitrogen and oxygen atoms in total. The molecular formula is C23H24N2OS. The number of para-hydroxylation sites is 1. The van der Waals surface area contributed by atoms with Gasteiger partial charge in [-0.2, -0.15) is 0 Å². The molecule has 2 heterocycles. The van der Waals surface area contributed by atoms with Crippen molar-refractivity contribution in [2.24, 2.45) is 0 Å². The number of hydrogen-bond donors (Lipinski definition) is 0. The fourth-order valence-electron chi connectivity index (χ4n) is 3.57. The van der Waals surface area contributed by atoms with E-state index in [1.165, 1.54) is 17.5 Å². The first-order valence-electron chi connectivity index (χ1n) is 9.63. The van der Waals surface area contributed by atoms with Gasteiger partial charge in [-0.3, -0.25) is 4.79 Å². The van der Waals surface area contributed by atoms with Crippen molar-refractivity contribution < 1.29 is 4.79 Å². The van der Waals surface area contributed by atoms with Gasteiger partial charge >= 0.3 is 0 Å². The van der Waals surface area contributed by atoms with Gasteiger partial charge in [-0.15, -0.1) is 0 Å². The van der Waals surface area contributed by atoms with Crippen molar-refractivity contribution in [1.29, 1.82) is 0 Å². The Kier molecular flexibility index (Phi) is 5.73. The van der Waals surface area contributed by atoms with Crippen LogP contribution in [0, 0.1) is 0 Å². The molecule has 0 aliphatic carbocycles. The predicted octanol–water partition coefficient (Wildman–Crippen LogP) is 4.93. The predicted molar refractivity (Wildman–Crippen MR) is 112 cm³/mol. The minimum atomic E-state index is 0.236. The number of amides is 1. The summed E-state index contributed by atoms with van der Waals surface area (Å²) in [5.41, 5.74) is 3.44. The number of fused-ring (bicyclic) bond motifs is 1. The molecular weight excluding hydrogens is 352 g/mol. The molecule has 27 heavy (non-hydrogen) atoms. The van der Waals surface area contributed by atoms with Crippen LogP contribution in [0.15, 0.2) is 65.7 Å². The third-order valence-electron chi connectivity index (χ3n) is 5.04. The van der Waals surface area contributed by atoms with E-state index in [1.54, 1.807) is 11.8 Å². The van der Waals surface area contributed by atoms with Gasteiger partial charge in [0, 0.05) is 24.9 Å². The van der Waals surface area contributed by atoms with E-state index in [0.717, 1.165) is 48.3 Å². The van der Waals surface area contributed by atoms with Gasteiger partial charge in [0.25, 0.3) is 0 Å². The Labute approximate surface area is 164 Å². The lowest BCUT2D eigenvalue weighted by atomic mass is 10.0. The molecule has 1 aromatic heterocycles.